The smallest absolute Gasteiger partial charge is 0.338 e. The number of hydrogen-bond donors (Lipinski definition) is 0. The summed E-state index contributed by atoms with van der Waals surface area (Å²) in [6.45, 7) is 0. The summed E-state index contributed by atoms with van der Waals surface area (Å²) in [5, 5.41) is 0. The Morgan fingerprint density at radius 2 is 0.972 bits per heavy atom. The standard InChI is InChI=1S/C34H26O2/c1-36-34(35)32-23-16-26(13-12-25-14-17-29(18-15-25)27-8-4-2-5-9-27)24-33(32)31-21-19-30(20-22-31)28-10-6-3-7-11-28/h2-24H,1H3/b13-12+. The molecule has 0 heterocycles. The number of benzene rings is 5. The van der Waals surface area contributed by atoms with Crippen LogP contribution in [0.3, 0.4) is 0 Å². The molecule has 5 rings (SSSR count). The van der Waals surface area contributed by atoms with Gasteiger partial charge in [0.15, 0.2) is 0 Å². The summed E-state index contributed by atoms with van der Waals surface area (Å²) in [5.41, 5.74) is 9.18. The highest BCUT2D eigenvalue weighted by Crippen LogP contribution is 2.29. The predicted molar refractivity (Wildman–Crippen MR) is 149 cm³/mol. The molecule has 0 bridgehead atoms. The third-order valence-corrected chi connectivity index (χ3v) is 6.24. The summed E-state index contributed by atoms with van der Waals surface area (Å²) < 4.78 is 5.05. The topological polar surface area (TPSA) is 26.3 Å². The molecule has 0 aliphatic rings. The molecule has 0 saturated carbocycles. The van der Waals surface area contributed by atoms with Crippen molar-refractivity contribution in [1.29, 1.82) is 0 Å². The van der Waals surface area contributed by atoms with Crippen LogP contribution in [0.1, 0.15) is 21.5 Å². The molecule has 0 saturated heterocycles. The van der Waals surface area contributed by atoms with E-state index in [0.717, 1.165) is 33.4 Å². The van der Waals surface area contributed by atoms with Crippen molar-refractivity contribution in [2.75, 3.05) is 7.11 Å². The molecular formula is C34H26O2. The van der Waals surface area contributed by atoms with Crippen LogP contribution in [0.2, 0.25) is 0 Å². The largest absolute Gasteiger partial charge is 0.465 e. The molecule has 2 heteroatoms. The third-order valence-electron chi connectivity index (χ3n) is 6.24. The van der Waals surface area contributed by atoms with Gasteiger partial charge in [-0.25, -0.2) is 4.79 Å². The van der Waals surface area contributed by atoms with E-state index in [1.54, 1.807) is 0 Å². The molecule has 0 aliphatic carbocycles. The van der Waals surface area contributed by atoms with Gasteiger partial charge in [0.2, 0.25) is 0 Å². The molecule has 5 aromatic carbocycles. The minimum absolute atomic E-state index is 0.343. The quantitative estimate of drug-likeness (QED) is 0.185. The summed E-state index contributed by atoms with van der Waals surface area (Å²) >= 11 is 0. The molecule has 0 unspecified atom stereocenters. The van der Waals surface area contributed by atoms with E-state index < -0.39 is 0 Å². The Balaban J connectivity index is 1.43. The van der Waals surface area contributed by atoms with Crippen LogP contribution in [0.5, 0.6) is 0 Å². The van der Waals surface area contributed by atoms with Crippen LogP contribution in [0, 0.1) is 0 Å². The first kappa shape index (κ1) is 23.1. The SMILES string of the molecule is COC(=O)c1ccc(/C=C/c2ccc(-c3ccccc3)cc2)cc1-c1ccc(-c2ccccc2)cc1. The first-order valence-electron chi connectivity index (χ1n) is 11.9. The van der Waals surface area contributed by atoms with Gasteiger partial charge >= 0.3 is 5.97 Å². The number of ether oxygens (including phenoxy) is 1. The number of carbonyl (C=O) groups is 1. The molecule has 0 spiro atoms. The molecule has 36 heavy (non-hydrogen) atoms. The Kier molecular flexibility index (Phi) is 6.86. The van der Waals surface area contributed by atoms with Crippen LogP contribution in [0.4, 0.5) is 0 Å². The Labute approximate surface area is 212 Å². The Bertz CT molecular complexity index is 1480. The third kappa shape index (κ3) is 5.18. The average molecular weight is 467 g/mol. The second kappa shape index (κ2) is 10.7. The molecule has 0 fully saturated rings. The van der Waals surface area contributed by atoms with Gasteiger partial charge in [0.1, 0.15) is 0 Å². The Morgan fingerprint density at radius 1 is 0.528 bits per heavy atom. The Hall–Kier alpha value is -4.69. The van der Waals surface area contributed by atoms with E-state index in [-0.39, 0.29) is 5.97 Å². The van der Waals surface area contributed by atoms with Crippen molar-refractivity contribution in [3.8, 4) is 33.4 Å². The number of esters is 1. The van der Waals surface area contributed by atoms with Crippen LogP contribution in [-0.4, -0.2) is 13.1 Å². The van der Waals surface area contributed by atoms with Crippen molar-refractivity contribution in [2.45, 2.75) is 0 Å². The van der Waals surface area contributed by atoms with Gasteiger partial charge in [-0.15, -0.1) is 0 Å². The maximum absolute atomic E-state index is 12.5. The van der Waals surface area contributed by atoms with Crippen molar-refractivity contribution in [3.63, 3.8) is 0 Å². The van der Waals surface area contributed by atoms with Crippen molar-refractivity contribution < 1.29 is 9.53 Å². The lowest BCUT2D eigenvalue weighted by atomic mass is 9.95. The maximum Gasteiger partial charge on any atom is 0.338 e. The van der Waals surface area contributed by atoms with Gasteiger partial charge in [-0.1, -0.05) is 127 Å². The fourth-order valence-electron chi connectivity index (χ4n) is 4.27. The molecule has 0 amide bonds. The van der Waals surface area contributed by atoms with E-state index in [4.69, 9.17) is 4.74 Å². The van der Waals surface area contributed by atoms with Gasteiger partial charge in [-0.05, 0) is 56.6 Å². The zero-order valence-electron chi connectivity index (χ0n) is 20.1. The number of carbonyl (C=O) groups excluding carboxylic acids is 1. The van der Waals surface area contributed by atoms with Crippen LogP contribution >= 0.6 is 0 Å². The summed E-state index contributed by atoms with van der Waals surface area (Å²) in [5.74, 6) is -0.343. The van der Waals surface area contributed by atoms with Crippen LogP contribution < -0.4 is 0 Å². The highest BCUT2D eigenvalue weighted by molar-refractivity contribution is 5.98. The van der Waals surface area contributed by atoms with Gasteiger partial charge in [-0.2, -0.15) is 0 Å². The zero-order valence-corrected chi connectivity index (χ0v) is 20.1. The number of rotatable bonds is 6. The maximum atomic E-state index is 12.5. The summed E-state index contributed by atoms with van der Waals surface area (Å²) in [6.07, 6.45) is 4.16. The zero-order chi connectivity index (χ0) is 24.7. The monoisotopic (exact) mass is 466 g/mol. The van der Waals surface area contributed by atoms with E-state index in [1.807, 2.05) is 54.6 Å². The van der Waals surface area contributed by atoms with Gasteiger partial charge in [0.05, 0.1) is 12.7 Å². The molecule has 174 valence electrons. The second-order valence-electron chi connectivity index (χ2n) is 8.56. The molecule has 0 aromatic heterocycles. The summed E-state index contributed by atoms with van der Waals surface area (Å²) in [7, 11) is 1.41. The first-order valence-corrected chi connectivity index (χ1v) is 11.9. The van der Waals surface area contributed by atoms with E-state index in [9.17, 15) is 4.79 Å². The normalized spacial score (nSPS) is 10.9. The van der Waals surface area contributed by atoms with Gasteiger partial charge < -0.3 is 4.74 Å². The molecule has 0 N–H and O–H groups in total. The molecule has 0 aliphatic heterocycles. The minimum atomic E-state index is -0.343. The van der Waals surface area contributed by atoms with E-state index in [1.165, 1.54) is 18.2 Å². The molecule has 0 atom stereocenters. The number of methoxy groups -OCH3 is 1. The fourth-order valence-corrected chi connectivity index (χ4v) is 4.27. The van der Waals surface area contributed by atoms with Crippen LogP contribution in [0.25, 0.3) is 45.5 Å². The van der Waals surface area contributed by atoms with Crippen molar-refractivity contribution in [2.24, 2.45) is 0 Å². The molecule has 5 aromatic rings. The molecule has 0 radical (unpaired) electrons. The van der Waals surface area contributed by atoms with Crippen molar-refractivity contribution in [1.82, 2.24) is 0 Å². The summed E-state index contributed by atoms with van der Waals surface area (Å²) in [4.78, 5) is 12.5. The lowest BCUT2D eigenvalue weighted by Gasteiger charge is -2.11. The van der Waals surface area contributed by atoms with E-state index >= 15 is 0 Å². The average Bonchev–Trinajstić information content (AvgIpc) is 2.97. The highest BCUT2D eigenvalue weighted by atomic mass is 16.5. The summed E-state index contributed by atoms with van der Waals surface area (Å²) in [6, 6.07) is 43.2. The van der Waals surface area contributed by atoms with Crippen LogP contribution in [-0.2, 0) is 4.74 Å². The highest BCUT2D eigenvalue weighted by Gasteiger charge is 2.14. The lowest BCUT2D eigenvalue weighted by molar-refractivity contribution is 0.0601. The fraction of sp³-hybridized carbons (Fsp3) is 0.0294. The Morgan fingerprint density at radius 3 is 1.53 bits per heavy atom. The van der Waals surface area contributed by atoms with E-state index in [0.29, 0.717) is 5.56 Å². The minimum Gasteiger partial charge on any atom is -0.465 e. The van der Waals surface area contributed by atoms with Crippen LogP contribution in [0.15, 0.2) is 127 Å². The number of hydrogen-bond acceptors (Lipinski definition) is 2. The predicted octanol–water partition coefficient (Wildman–Crippen LogP) is 8.64. The molecular weight excluding hydrogens is 440 g/mol. The first-order chi connectivity index (χ1) is 17.7. The lowest BCUT2D eigenvalue weighted by Crippen LogP contribution is -2.03. The van der Waals surface area contributed by atoms with Crippen molar-refractivity contribution >= 4 is 18.1 Å². The van der Waals surface area contributed by atoms with Gasteiger partial charge in [0, 0.05) is 0 Å². The second-order valence-corrected chi connectivity index (χ2v) is 8.56. The van der Waals surface area contributed by atoms with Crippen molar-refractivity contribution in [3.05, 3.63) is 144 Å². The van der Waals surface area contributed by atoms with E-state index in [2.05, 4.69) is 84.9 Å². The van der Waals surface area contributed by atoms with Gasteiger partial charge in [0.25, 0.3) is 0 Å². The molecule has 2 nitrogen and oxygen atoms in total. The van der Waals surface area contributed by atoms with Gasteiger partial charge in [-0.3, -0.25) is 0 Å².